The van der Waals surface area contributed by atoms with E-state index >= 15 is 0 Å². The van der Waals surface area contributed by atoms with E-state index in [1.54, 1.807) is 18.2 Å². The van der Waals surface area contributed by atoms with E-state index in [-0.39, 0.29) is 6.54 Å². The number of oxazole rings is 1. The van der Waals surface area contributed by atoms with Crippen LogP contribution in [0.3, 0.4) is 0 Å². The highest BCUT2D eigenvalue weighted by atomic mass is 16.4. The van der Waals surface area contributed by atoms with Gasteiger partial charge in [-0.3, -0.25) is 4.98 Å². The first-order valence-electron chi connectivity index (χ1n) is 4.03. The molecule has 0 spiro atoms. The van der Waals surface area contributed by atoms with E-state index in [0.717, 1.165) is 5.69 Å². The van der Waals surface area contributed by atoms with E-state index in [2.05, 4.69) is 10.3 Å². The van der Waals surface area contributed by atoms with E-state index < -0.39 is 5.76 Å². The Morgan fingerprint density at radius 1 is 1.57 bits per heavy atom. The van der Waals surface area contributed by atoms with Crippen LogP contribution in [0.1, 0.15) is 0 Å². The van der Waals surface area contributed by atoms with E-state index in [4.69, 9.17) is 9.68 Å². The van der Waals surface area contributed by atoms with Crippen LogP contribution in [-0.2, 0) is 0 Å². The molecular formula is C9H7N3O2. The number of benzene rings is 1. The maximum absolute atomic E-state index is 10.8. The van der Waals surface area contributed by atoms with Crippen LogP contribution in [0.2, 0.25) is 0 Å². The van der Waals surface area contributed by atoms with Crippen LogP contribution >= 0.6 is 0 Å². The molecule has 0 aliphatic heterocycles. The monoisotopic (exact) mass is 189 g/mol. The van der Waals surface area contributed by atoms with Crippen molar-refractivity contribution in [3.05, 3.63) is 28.7 Å². The number of nitrogens with one attached hydrogen (secondary N) is 2. The summed E-state index contributed by atoms with van der Waals surface area (Å²) in [7, 11) is 0. The minimum Gasteiger partial charge on any atom is -0.408 e. The molecule has 70 valence electrons. The molecule has 5 heteroatoms. The maximum atomic E-state index is 10.8. The van der Waals surface area contributed by atoms with Gasteiger partial charge in [0.25, 0.3) is 0 Å². The molecule has 1 heterocycles. The Morgan fingerprint density at radius 3 is 3.21 bits per heavy atom. The predicted octanol–water partition coefficient (Wildman–Crippen LogP) is 1.06. The fraction of sp³-hybridized carbons (Fsp3) is 0.111. The second kappa shape index (κ2) is 3.26. The zero-order valence-electron chi connectivity index (χ0n) is 7.20. The standard InChI is InChI=1S/C9H7N3O2/c10-3-4-11-6-1-2-8-7(5-6)12-9(13)14-8/h1-2,5,11H,4H2,(H,12,13). The van der Waals surface area contributed by atoms with Crippen molar-refractivity contribution in [3.63, 3.8) is 0 Å². The second-order valence-electron chi connectivity index (χ2n) is 2.74. The number of nitrogens with zero attached hydrogens (tertiary/aromatic N) is 1. The van der Waals surface area contributed by atoms with Crippen LogP contribution in [0.15, 0.2) is 27.4 Å². The summed E-state index contributed by atoms with van der Waals surface area (Å²) in [6.07, 6.45) is 0. The largest absolute Gasteiger partial charge is 0.417 e. The number of fused-ring (bicyclic) bond motifs is 1. The summed E-state index contributed by atoms with van der Waals surface area (Å²) in [6.45, 7) is 0.230. The summed E-state index contributed by atoms with van der Waals surface area (Å²) in [6, 6.07) is 7.10. The van der Waals surface area contributed by atoms with Crippen LogP contribution < -0.4 is 11.1 Å². The summed E-state index contributed by atoms with van der Waals surface area (Å²) < 4.78 is 4.82. The number of aromatic nitrogens is 1. The van der Waals surface area contributed by atoms with Gasteiger partial charge in [0.1, 0.15) is 6.54 Å². The first kappa shape index (κ1) is 8.38. The molecule has 2 N–H and O–H groups in total. The number of H-pyrrole nitrogens is 1. The summed E-state index contributed by atoms with van der Waals surface area (Å²) in [4.78, 5) is 13.3. The molecule has 0 aliphatic carbocycles. The topological polar surface area (TPSA) is 81.8 Å². The zero-order chi connectivity index (χ0) is 9.97. The van der Waals surface area contributed by atoms with E-state index in [1.807, 2.05) is 6.07 Å². The van der Waals surface area contributed by atoms with Crippen molar-refractivity contribution < 1.29 is 4.42 Å². The Bertz CT molecular complexity index is 547. The van der Waals surface area contributed by atoms with Gasteiger partial charge in [-0.05, 0) is 18.2 Å². The van der Waals surface area contributed by atoms with Crippen molar-refractivity contribution in [1.29, 1.82) is 5.26 Å². The summed E-state index contributed by atoms with van der Waals surface area (Å²) >= 11 is 0. The van der Waals surface area contributed by atoms with E-state index in [1.165, 1.54) is 0 Å². The van der Waals surface area contributed by atoms with Crippen molar-refractivity contribution in [2.45, 2.75) is 0 Å². The van der Waals surface area contributed by atoms with Gasteiger partial charge in [-0.25, -0.2) is 4.79 Å². The van der Waals surface area contributed by atoms with Crippen LogP contribution in [0.5, 0.6) is 0 Å². The average molecular weight is 189 g/mol. The maximum Gasteiger partial charge on any atom is 0.417 e. The number of rotatable bonds is 2. The van der Waals surface area contributed by atoms with E-state index in [9.17, 15) is 4.79 Å². The van der Waals surface area contributed by atoms with Gasteiger partial charge in [0.15, 0.2) is 5.58 Å². The Kier molecular flexibility index (Phi) is 1.95. The predicted molar refractivity (Wildman–Crippen MR) is 50.9 cm³/mol. The molecule has 0 saturated carbocycles. The molecule has 14 heavy (non-hydrogen) atoms. The Balaban J connectivity index is 2.41. The highest BCUT2D eigenvalue weighted by Gasteiger charge is 2.00. The normalized spacial score (nSPS) is 9.93. The van der Waals surface area contributed by atoms with Crippen LogP contribution in [0.25, 0.3) is 11.1 Å². The number of hydrogen-bond acceptors (Lipinski definition) is 4. The first-order chi connectivity index (χ1) is 6.79. The fourth-order valence-electron chi connectivity index (χ4n) is 1.20. The third-order valence-electron chi connectivity index (χ3n) is 1.79. The highest BCUT2D eigenvalue weighted by molar-refractivity contribution is 5.76. The number of aromatic amines is 1. The van der Waals surface area contributed by atoms with Crippen molar-refractivity contribution in [3.8, 4) is 6.07 Å². The lowest BCUT2D eigenvalue weighted by atomic mass is 10.3. The molecule has 0 saturated heterocycles. The lowest BCUT2D eigenvalue weighted by Gasteiger charge is -1.99. The van der Waals surface area contributed by atoms with Gasteiger partial charge in [-0.2, -0.15) is 5.26 Å². The zero-order valence-corrected chi connectivity index (χ0v) is 7.20. The van der Waals surface area contributed by atoms with Gasteiger partial charge < -0.3 is 9.73 Å². The van der Waals surface area contributed by atoms with Crippen LogP contribution in [-0.4, -0.2) is 11.5 Å². The van der Waals surface area contributed by atoms with Crippen molar-refractivity contribution in [2.75, 3.05) is 11.9 Å². The first-order valence-corrected chi connectivity index (χ1v) is 4.03. The quantitative estimate of drug-likeness (QED) is 0.692. The molecule has 0 amide bonds. The minimum absolute atomic E-state index is 0.230. The van der Waals surface area contributed by atoms with Crippen molar-refractivity contribution in [1.82, 2.24) is 4.98 Å². The van der Waals surface area contributed by atoms with Gasteiger partial charge in [0.2, 0.25) is 0 Å². The molecule has 0 unspecified atom stereocenters. The third-order valence-corrected chi connectivity index (χ3v) is 1.79. The van der Waals surface area contributed by atoms with Gasteiger partial charge in [0, 0.05) is 5.69 Å². The molecule has 2 aromatic rings. The average Bonchev–Trinajstić information content (AvgIpc) is 2.54. The lowest BCUT2D eigenvalue weighted by Crippen LogP contribution is -1.97. The molecule has 0 fully saturated rings. The van der Waals surface area contributed by atoms with Gasteiger partial charge in [-0.15, -0.1) is 0 Å². The molecule has 5 nitrogen and oxygen atoms in total. The third kappa shape index (κ3) is 1.45. The second-order valence-corrected chi connectivity index (χ2v) is 2.74. The van der Waals surface area contributed by atoms with Crippen molar-refractivity contribution in [2.24, 2.45) is 0 Å². The molecular weight excluding hydrogens is 182 g/mol. The Morgan fingerprint density at radius 2 is 2.43 bits per heavy atom. The Hall–Kier alpha value is -2.22. The van der Waals surface area contributed by atoms with Crippen molar-refractivity contribution >= 4 is 16.8 Å². The highest BCUT2D eigenvalue weighted by Crippen LogP contribution is 2.15. The molecule has 1 aromatic heterocycles. The smallest absolute Gasteiger partial charge is 0.408 e. The number of anilines is 1. The van der Waals surface area contributed by atoms with Crippen LogP contribution in [0, 0.1) is 11.3 Å². The van der Waals surface area contributed by atoms with Gasteiger partial charge in [0.05, 0.1) is 11.6 Å². The van der Waals surface area contributed by atoms with E-state index in [0.29, 0.717) is 11.1 Å². The summed E-state index contributed by atoms with van der Waals surface area (Å²) in [5.74, 6) is -0.475. The summed E-state index contributed by atoms with van der Waals surface area (Å²) in [5, 5.41) is 11.2. The molecule has 2 rings (SSSR count). The summed E-state index contributed by atoms with van der Waals surface area (Å²) in [5.41, 5.74) is 1.91. The Labute approximate surface area is 79.0 Å². The number of nitriles is 1. The van der Waals surface area contributed by atoms with Crippen LogP contribution in [0.4, 0.5) is 5.69 Å². The van der Waals surface area contributed by atoms with Gasteiger partial charge >= 0.3 is 5.76 Å². The van der Waals surface area contributed by atoms with Gasteiger partial charge in [-0.1, -0.05) is 0 Å². The fourth-order valence-corrected chi connectivity index (χ4v) is 1.20. The molecule has 0 radical (unpaired) electrons. The molecule has 0 aliphatic rings. The molecule has 0 bridgehead atoms. The minimum atomic E-state index is -0.475. The SMILES string of the molecule is N#CCNc1ccc2oc(=O)[nH]c2c1. The number of hydrogen-bond donors (Lipinski definition) is 2. The molecule has 0 atom stereocenters. The molecule has 1 aromatic carbocycles. The lowest BCUT2D eigenvalue weighted by molar-refractivity contribution is 0.555.